The highest BCUT2D eigenvalue weighted by Gasteiger charge is 2.09. The van der Waals surface area contributed by atoms with E-state index in [0.717, 1.165) is 5.56 Å². The van der Waals surface area contributed by atoms with Gasteiger partial charge in [0.1, 0.15) is 5.75 Å². The number of rotatable bonds is 5. The predicted octanol–water partition coefficient (Wildman–Crippen LogP) is 2.84. The standard InChI is InChI=1S/C18H17N3O3/c1-12-16(20-13(2)22)4-3-5-17(12)21-18(23)11-24-15-8-6-14(10-19)7-9-15/h3-9H,11H2,1-2H3,(H,20,22)(H,21,23). The average molecular weight is 323 g/mol. The van der Waals surface area contributed by atoms with Crippen molar-refractivity contribution in [3.05, 3.63) is 53.6 Å². The van der Waals surface area contributed by atoms with Crippen LogP contribution in [0, 0.1) is 18.3 Å². The van der Waals surface area contributed by atoms with Gasteiger partial charge in [-0.05, 0) is 48.9 Å². The summed E-state index contributed by atoms with van der Waals surface area (Å²) in [6.07, 6.45) is 0. The summed E-state index contributed by atoms with van der Waals surface area (Å²) in [4.78, 5) is 23.2. The molecule has 6 nitrogen and oxygen atoms in total. The summed E-state index contributed by atoms with van der Waals surface area (Å²) in [6, 6.07) is 13.8. The Morgan fingerprint density at radius 3 is 2.29 bits per heavy atom. The van der Waals surface area contributed by atoms with Gasteiger partial charge >= 0.3 is 0 Å². The number of hydrogen-bond donors (Lipinski definition) is 2. The van der Waals surface area contributed by atoms with Crippen LogP contribution in [0.1, 0.15) is 18.1 Å². The smallest absolute Gasteiger partial charge is 0.262 e. The van der Waals surface area contributed by atoms with E-state index < -0.39 is 0 Å². The predicted molar refractivity (Wildman–Crippen MR) is 90.8 cm³/mol. The van der Waals surface area contributed by atoms with Gasteiger partial charge < -0.3 is 15.4 Å². The summed E-state index contributed by atoms with van der Waals surface area (Å²) in [5.74, 6) is 0.0148. The molecule has 0 saturated carbocycles. The molecule has 0 atom stereocenters. The van der Waals surface area contributed by atoms with E-state index in [1.807, 2.05) is 13.0 Å². The molecular formula is C18H17N3O3. The number of hydrogen-bond acceptors (Lipinski definition) is 4. The minimum absolute atomic E-state index is 0.157. The second-order valence-electron chi connectivity index (χ2n) is 5.13. The van der Waals surface area contributed by atoms with Crippen molar-refractivity contribution < 1.29 is 14.3 Å². The van der Waals surface area contributed by atoms with E-state index in [4.69, 9.17) is 10.00 Å². The molecule has 2 aromatic rings. The van der Waals surface area contributed by atoms with E-state index in [-0.39, 0.29) is 18.4 Å². The third kappa shape index (κ3) is 4.58. The molecule has 6 heteroatoms. The second kappa shape index (κ2) is 7.79. The number of ether oxygens (including phenoxy) is 1. The quantitative estimate of drug-likeness (QED) is 0.885. The number of nitrogens with one attached hydrogen (secondary N) is 2. The summed E-state index contributed by atoms with van der Waals surface area (Å²) >= 11 is 0. The Kier molecular flexibility index (Phi) is 5.53. The SMILES string of the molecule is CC(=O)Nc1cccc(NC(=O)COc2ccc(C#N)cc2)c1C. The van der Waals surface area contributed by atoms with Crippen LogP contribution in [0.15, 0.2) is 42.5 Å². The Morgan fingerprint density at radius 1 is 1.08 bits per heavy atom. The molecule has 0 aliphatic heterocycles. The topological polar surface area (TPSA) is 91.2 Å². The van der Waals surface area contributed by atoms with Crippen LogP contribution < -0.4 is 15.4 Å². The maximum atomic E-state index is 12.0. The number of nitrogens with zero attached hydrogens (tertiary/aromatic N) is 1. The Balaban J connectivity index is 1.97. The van der Waals surface area contributed by atoms with Crippen molar-refractivity contribution in [2.75, 3.05) is 17.2 Å². The molecule has 0 unspecified atom stereocenters. The fraction of sp³-hybridized carbons (Fsp3) is 0.167. The third-order valence-corrected chi connectivity index (χ3v) is 3.27. The normalized spacial score (nSPS) is 9.71. The number of carbonyl (C=O) groups is 2. The van der Waals surface area contributed by atoms with Gasteiger partial charge in [-0.25, -0.2) is 0 Å². The van der Waals surface area contributed by atoms with Crippen LogP contribution in [0.25, 0.3) is 0 Å². The maximum Gasteiger partial charge on any atom is 0.262 e. The lowest BCUT2D eigenvalue weighted by Crippen LogP contribution is -2.21. The molecule has 0 aromatic heterocycles. The first-order valence-electron chi connectivity index (χ1n) is 7.29. The molecule has 2 aromatic carbocycles. The Hall–Kier alpha value is -3.33. The van der Waals surface area contributed by atoms with Crippen molar-refractivity contribution in [1.29, 1.82) is 5.26 Å². The van der Waals surface area contributed by atoms with E-state index in [0.29, 0.717) is 22.7 Å². The van der Waals surface area contributed by atoms with E-state index in [1.165, 1.54) is 6.92 Å². The summed E-state index contributed by atoms with van der Waals surface area (Å²) in [6.45, 7) is 3.08. The van der Waals surface area contributed by atoms with Gasteiger partial charge in [-0.2, -0.15) is 5.26 Å². The number of nitriles is 1. The van der Waals surface area contributed by atoms with E-state index >= 15 is 0 Å². The summed E-state index contributed by atoms with van der Waals surface area (Å²) in [5, 5.41) is 14.2. The molecule has 2 amide bonds. The van der Waals surface area contributed by atoms with Gasteiger partial charge in [-0.1, -0.05) is 6.07 Å². The zero-order valence-corrected chi connectivity index (χ0v) is 13.4. The third-order valence-electron chi connectivity index (χ3n) is 3.27. The second-order valence-corrected chi connectivity index (χ2v) is 5.13. The average Bonchev–Trinajstić information content (AvgIpc) is 2.56. The monoisotopic (exact) mass is 323 g/mol. The number of anilines is 2. The highest BCUT2D eigenvalue weighted by atomic mass is 16.5. The van der Waals surface area contributed by atoms with Gasteiger partial charge in [0.05, 0.1) is 11.6 Å². The van der Waals surface area contributed by atoms with E-state index in [1.54, 1.807) is 42.5 Å². The Labute approximate surface area is 140 Å². The van der Waals surface area contributed by atoms with Crippen LogP contribution in [0.2, 0.25) is 0 Å². The fourth-order valence-electron chi connectivity index (χ4n) is 2.06. The fourth-order valence-corrected chi connectivity index (χ4v) is 2.06. The van der Waals surface area contributed by atoms with Gasteiger partial charge in [0.25, 0.3) is 5.91 Å². The Morgan fingerprint density at radius 2 is 1.71 bits per heavy atom. The van der Waals surface area contributed by atoms with Crippen LogP contribution >= 0.6 is 0 Å². The largest absolute Gasteiger partial charge is 0.484 e. The van der Waals surface area contributed by atoms with Gasteiger partial charge in [-0.3, -0.25) is 9.59 Å². The number of carbonyl (C=O) groups excluding carboxylic acids is 2. The lowest BCUT2D eigenvalue weighted by atomic mass is 10.1. The molecular weight excluding hydrogens is 306 g/mol. The van der Waals surface area contributed by atoms with Gasteiger partial charge in [0, 0.05) is 18.3 Å². The molecule has 0 saturated heterocycles. The summed E-state index contributed by atoms with van der Waals surface area (Å²) in [7, 11) is 0. The molecule has 2 rings (SSSR count). The minimum Gasteiger partial charge on any atom is -0.484 e. The molecule has 0 radical (unpaired) electrons. The molecule has 0 spiro atoms. The minimum atomic E-state index is -0.317. The first-order valence-corrected chi connectivity index (χ1v) is 7.29. The molecule has 0 heterocycles. The highest BCUT2D eigenvalue weighted by Crippen LogP contribution is 2.23. The van der Waals surface area contributed by atoms with Gasteiger partial charge in [0.15, 0.2) is 6.61 Å². The van der Waals surface area contributed by atoms with Crippen molar-refractivity contribution in [3.8, 4) is 11.8 Å². The van der Waals surface area contributed by atoms with Crippen molar-refractivity contribution in [1.82, 2.24) is 0 Å². The van der Waals surface area contributed by atoms with Crippen LogP contribution in [-0.2, 0) is 9.59 Å². The van der Waals surface area contributed by atoms with Crippen LogP contribution in [0.5, 0.6) is 5.75 Å². The molecule has 2 N–H and O–H groups in total. The first kappa shape index (κ1) is 17.0. The van der Waals surface area contributed by atoms with Crippen molar-refractivity contribution in [2.24, 2.45) is 0 Å². The first-order chi connectivity index (χ1) is 11.5. The van der Waals surface area contributed by atoms with Crippen LogP contribution in [0.3, 0.4) is 0 Å². The van der Waals surface area contributed by atoms with E-state index in [2.05, 4.69) is 10.6 Å². The highest BCUT2D eigenvalue weighted by molar-refractivity contribution is 5.95. The van der Waals surface area contributed by atoms with Gasteiger partial charge in [-0.15, -0.1) is 0 Å². The molecule has 0 bridgehead atoms. The summed E-state index contributed by atoms with van der Waals surface area (Å²) in [5.41, 5.74) is 2.54. The summed E-state index contributed by atoms with van der Waals surface area (Å²) < 4.78 is 5.38. The molecule has 0 fully saturated rings. The lowest BCUT2D eigenvalue weighted by Gasteiger charge is -2.13. The zero-order valence-electron chi connectivity index (χ0n) is 13.4. The van der Waals surface area contributed by atoms with E-state index in [9.17, 15) is 9.59 Å². The van der Waals surface area contributed by atoms with Crippen LogP contribution in [0.4, 0.5) is 11.4 Å². The lowest BCUT2D eigenvalue weighted by molar-refractivity contribution is -0.118. The molecule has 0 aliphatic rings. The van der Waals surface area contributed by atoms with Crippen molar-refractivity contribution in [2.45, 2.75) is 13.8 Å². The number of amides is 2. The molecule has 122 valence electrons. The zero-order chi connectivity index (χ0) is 17.5. The van der Waals surface area contributed by atoms with Gasteiger partial charge in [0.2, 0.25) is 5.91 Å². The van der Waals surface area contributed by atoms with Crippen molar-refractivity contribution in [3.63, 3.8) is 0 Å². The molecule has 24 heavy (non-hydrogen) atoms. The number of benzene rings is 2. The maximum absolute atomic E-state index is 12.0. The Bertz CT molecular complexity index is 792. The van der Waals surface area contributed by atoms with Crippen molar-refractivity contribution >= 4 is 23.2 Å². The van der Waals surface area contributed by atoms with Crippen LogP contribution in [-0.4, -0.2) is 18.4 Å². The molecule has 0 aliphatic carbocycles.